The molecule has 1 unspecified atom stereocenters. The molecule has 2 aromatic carbocycles. The predicted molar refractivity (Wildman–Crippen MR) is 230 cm³/mol. The van der Waals surface area contributed by atoms with Crippen molar-refractivity contribution in [2.24, 2.45) is 14.1 Å². The summed E-state index contributed by atoms with van der Waals surface area (Å²) in [7, 11) is 3.12. The van der Waals surface area contributed by atoms with Crippen molar-refractivity contribution in [3.8, 4) is 0 Å². The van der Waals surface area contributed by atoms with E-state index in [-0.39, 0.29) is 62.2 Å². The van der Waals surface area contributed by atoms with E-state index in [1.807, 2.05) is 19.1 Å². The van der Waals surface area contributed by atoms with Crippen molar-refractivity contribution in [1.82, 2.24) is 28.2 Å². The summed E-state index contributed by atoms with van der Waals surface area (Å²) < 4.78 is 10.5. The quantitative estimate of drug-likeness (QED) is 0.0566. The van der Waals surface area contributed by atoms with Gasteiger partial charge in [0.25, 0.3) is 17.6 Å². The van der Waals surface area contributed by atoms with Crippen LogP contribution < -0.4 is 22.5 Å². The number of aliphatic hydroxyl groups is 1. The second kappa shape index (κ2) is 22.9. The van der Waals surface area contributed by atoms with Gasteiger partial charge >= 0.3 is 17.5 Å². The fraction of sp³-hybridized carbons (Fsp3) is 0.282. The van der Waals surface area contributed by atoms with Gasteiger partial charge < -0.3 is 20.1 Å². The molecule has 6 aromatic rings. The van der Waals surface area contributed by atoms with E-state index in [9.17, 15) is 29.1 Å². The van der Waals surface area contributed by atoms with Crippen molar-refractivity contribution in [3.05, 3.63) is 144 Å². The monoisotopic (exact) mass is 1040 g/mol. The van der Waals surface area contributed by atoms with Gasteiger partial charge in [-0.05, 0) is 92.1 Å². The molecule has 0 radical (unpaired) electrons. The molecule has 6 rings (SSSR count). The number of aliphatic hydroxyl groups excluding tert-OH is 1. The van der Waals surface area contributed by atoms with Gasteiger partial charge in [-0.3, -0.25) is 32.7 Å². The fourth-order valence-corrected chi connectivity index (χ4v) is 7.30. The number of carboxylic acid groups (broad SMARTS) is 2. The number of hydrogen-bond acceptors (Lipinski definition) is 10. The maximum atomic E-state index is 13.2. The van der Waals surface area contributed by atoms with Crippen LogP contribution in [-0.2, 0) is 62.6 Å². The molecule has 0 amide bonds. The fourth-order valence-electron chi connectivity index (χ4n) is 6.09. The molecule has 0 saturated heterocycles. The maximum Gasteiger partial charge on any atom is 0.505 e. The number of fused-ring (bicyclic) bond motifs is 2. The van der Waals surface area contributed by atoms with E-state index in [0.29, 0.717) is 60.5 Å². The number of hydrogen-bond donors (Lipinski definition) is 3. The molecule has 0 saturated carbocycles. The van der Waals surface area contributed by atoms with Crippen LogP contribution in [0.1, 0.15) is 54.5 Å². The van der Waals surface area contributed by atoms with Gasteiger partial charge in [0.1, 0.15) is 17.4 Å². The molecule has 314 valence electrons. The first kappa shape index (κ1) is 49.8. The van der Waals surface area contributed by atoms with Gasteiger partial charge in [0.15, 0.2) is 0 Å². The van der Waals surface area contributed by atoms with Crippen LogP contribution in [0.2, 0.25) is 10.0 Å². The van der Waals surface area contributed by atoms with E-state index in [1.54, 1.807) is 56.7 Å². The minimum atomic E-state index is -1.40. The van der Waals surface area contributed by atoms with Crippen LogP contribution in [0.5, 0.6) is 0 Å². The van der Waals surface area contributed by atoms with Gasteiger partial charge in [0.05, 0.1) is 17.4 Å². The van der Waals surface area contributed by atoms with Gasteiger partial charge in [-0.25, -0.2) is 24.4 Å². The van der Waals surface area contributed by atoms with Crippen LogP contribution in [0.25, 0.3) is 22.1 Å². The Bertz CT molecular complexity index is 2730. The average Bonchev–Trinajstić information content (AvgIpc) is 3.20. The van der Waals surface area contributed by atoms with Crippen LogP contribution >= 0.6 is 55.1 Å². The average molecular weight is 1050 g/mol. The van der Waals surface area contributed by atoms with Crippen molar-refractivity contribution in [2.45, 2.75) is 51.8 Å². The first-order valence-corrected chi connectivity index (χ1v) is 20.1. The Morgan fingerprint density at radius 3 is 1.80 bits per heavy atom. The smallest absolute Gasteiger partial charge is 0.483 e. The van der Waals surface area contributed by atoms with Crippen molar-refractivity contribution in [2.75, 3.05) is 6.61 Å². The molecule has 0 aliphatic heterocycles. The topological polar surface area (TPSA) is 218 Å². The molecule has 3 N–H and O–H groups in total. The van der Waals surface area contributed by atoms with Gasteiger partial charge in [-0.1, -0.05) is 60.8 Å². The third-order valence-corrected chi connectivity index (χ3v) is 10.8. The molecule has 4 heterocycles. The Labute approximate surface area is 381 Å². The van der Waals surface area contributed by atoms with E-state index in [4.69, 9.17) is 38.2 Å². The molecule has 0 spiro atoms. The molecule has 1 atom stereocenters. The van der Waals surface area contributed by atoms with Gasteiger partial charge in [0.2, 0.25) is 0 Å². The third-order valence-electron chi connectivity index (χ3n) is 8.99. The van der Waals surface area contributed by atoms with E-state index >= 15 is 0 Å². The van der Waals surface area contributed by atoms with Gasteiger partial charge in [-0.15, -0.1) is 0 Å². The summed E-state index contributed by atoms with van der Waals surface area (Å²) >= 11 is 18.7. The Morgan fingerprint density at radius 2 is 1.28 bits per heavy atom. The van der Waals surface area contributed by atoms with Crippen LogP contribution in [-0.4, -0.2) is 62.8 Å². The van der Waals surface area contributed by atoms with Crippen LogP contribution in [0.3, 0.4) is 0 Å². The summed E-state index contributed by atoms with van der Waals surface area (Å²) in [5, 5.41) is 28.1. The molecule has 60 heavy (non-hydrogen) atoms. The number of aryl methyl sites for hydroxylation is 2. The SMILES string of the molecule is CCCCn1c(=O)c2c(C(O)c3ccc(Cl)cc3)c(Br)cnc2n(C)c1=O.Cn1c(=O)n(CCCOC(=O)O)c(=O)c2c(Cc3ccc(Cl)cc3)c(Br)cnc21.O=CO.[Zn]. The number of halogens is 4. The molecule has 16 nitrogen and oxygen atoms in total. The molecule has 0 fully saturated rings. The van der Waals surface area contributed by atoms with E-state index in [1.165, 1.54) is 19.9 Å². The number of nitrogens with zero attached hydrogens (tertiary/aromatic N) is 6. The Kier molecular flexibility index (Phi) is 19.0. The molecule has 0 aliphatic rings. The van der Waals surface area contributed by atoms with Gasteiger partial charge in [0, 0.05) is 83.6 Å². The maximum absolute atomic E-state index is 13.2. The summed E-state index contributed by atoms with van der Waals surface area (Å²) in [6.45, 7) is 1.98. The number of carbonyl (C=O) groups is 2. The standard InChI is InChI=1S/C19H17BrClN3O5.C19H19BrClN3O3.CH2O2.Zn/c1-23-16-15(17(25)24(18(23)26)7-2-8-29-19(27)28)13(14(20)10-22-16)9-11-3-5-12(21)6-4-11;1-3-4-9-24-18(26)15-14(16(25)11-5-7-12(21)8-6-11)13(20)10-22-17(15)23(2)19(24)27;2-1-3;/h3-6,10H,2,7-9H2,1H3,(H,27,28);5-8,10,16,25H,3-4,9H2,1-2H3;1H,(H,2,3);. The first-order chi connectivity index (χ1) is 28.1. The largest absolute Gasteiger partial charge is 0.505 e. The molecule has 21 heteroatoms. The number of rotatable bonds is 11. The summed E-state index contributed by atoms with van der Waals surface area (Å²) in [6, 6.07) is 14.0. The normalized spacial score (nSPS) is 11.1. The molecule has 0 aliphatic carbocycles. The van der Waals surface area contributed by atoms with Crippen molar-refractivity contribution < 1.29 is 49.1 Å². The number of pyridine rings is 2. The van der Waals surface area contributed by atoms with Crippen LogP contribution in [0.4, 0.5) is 4.79 Å². The number of unbranched alkanes of at least 4 members (excludes halogenated alkanes) is 1. The van der Waals surface area contributed by atoms with E-state index < -0.39 is 34.8 Å². The zero-order valence-corrected chi connectivity index (χ0v) is 40.1. The van der Waals surface area contributed by atoms with Crippen molar-refractivity contribution in [3.63, 3.8) is 0 Å². The number of ether oxygens (including phenoxy) is 1. The Hall–Kier alpha value is -4.52. The third kappa shape index (κ3) is 11.6. The molecule has 4 aromatic heterocycles. The van der Waals surface area contributed by atoms with Gasteiger partial charge in [-0.2, -0.15) is 0 Å². The van der Waals surface area contributed by atoms with Crippen molar-refractivity contribution >= 4 is 89.8 Å². The summed E-state index contributed by atoms with van der Waals surface area (Å²) in [5.74, 6) is 0. The number of benzene rings is 2. The minimum Gasteiger partial charge on any atom is -0.483 e. The van der Waals surface area contributed by atoms with E-state index in [2.05, 4.69) is 46.6 Å². The summed E-state index contributed by atoms with van der Waals surface area (Å²) in [5.41, 5.74) is 1.27. The minimum absolute atomic E-state index is 0. The summed E-state index contributed by atoms with van der Waals surface area (Å²) in [6.07, 6.45) is 2.77. The Morgan fingerprint density at radius 1 is 0.817 bits per heavy atom. The molecular formula is C39H38Br2Cl2N6O10Zn. The van der Waals surface area contributed by atoms with E-state index in [0.717, 1.165) is 16.6 Å². The second-order valence-electron chi connectivity index (χ2n) is 12.8. The number of aromatic nitrogens is 6. The van der Waals surface area contributed by atoms with Crippen LogP contribution in [0.15, 0.2) is 89.0 Å². The van der Waals surface area contributed by atoms with Crippen molar-refractivity contribution in [1.29, 1.82) is 0 Å². The first-order valence-electron chi connectivity index (χ1n) is 17.7. The Balaban J connectivity index is 0.000000297. The molecular weight excluding hydrogens is 1010 g/mol. The second-order valence-corrected chi connectivity index (χ2v) is 15.4. The predicted octanol–water partition coefficient (Wildman–Crippen LogP) is 6.28. The zero-order valence-electron chi connectivity index (χ0n) is 32.5. The molecule has 0 bridgehead atoms. The zero-order chi connectivity index (χ0) is 43.6. The van der Waals surface area contributed by atoms with Crippen LogP contribution in [0, 0.1) is 0 Å². The summed E-state index contributed by atoms with van der Waals surface area (Å²) in [4.78, 5) is 78.8.